The van der Waals surface area contributed by atoms with Crippen LogP contribution in [0.5, 0.6) is 0 Å². The topological polar surface area (TPSA) is 68.2 Å². The van der Waals surface area contributed by atoms with E-state index in [0.29, 0.717) is 25.3 Å². The van der Waals surface area contributed by atoms with E-state index < -0.39 is 6.10 Å². The van der Waals surface area contributed by atoms with Crippen molar-refractivity contribution in [3.05, 3.63) is 109 Å². The molecule has 0 aliphatic heterocycles. The van der Waals surface area contributed by atoms with Crippen LogP contribution in [-0.4, -0.2) is 21.7 Å². The molecule has 0 saturated heterocycles. The maximum Gasteiger partial charge on any atom is 0.214 e. The van der Waals surface area contributed by atoms with Gasteiger partial charge in [0.15, 0.2) is 0 Å². The summed E-state index contributed by atoms with van der Waals surface area (Å²) >= 11 is 0. The number of benzene rings is 2. The van der Waals surface area contributed by atoms with Gasteiger partial charge in [0.1, 0.15) is 5.82 Å². The smallest absolute Gasteiger partial charge is 0.214 e. The molecule has 3 rings (SSSR count). The summed E-state index contributed by atoms with van der Waals surface area (Å²) in [7, 11) is 0. The van der Waals surface area contributed by atoms with Crippen molar-refractivity contribution in [2.45, 2.75) is 92.7 Å². The van der Waals surface area contributed by atoms with Gasteiger partial charge < -0.3 is 15.4 Å². The second-order valence-corrected chi connectivity index (χ2v) is 10.2. The predicted molar refractivity (Wildman–Crippen MR) is 180 cm³/mol. The predicted octanol–water partition coefficient (Wildman–Crippen LogP) is 9.77. The van der Waals surface area contributed by atoms with Crippen molar-refractivity contribution in [1.82, 2.24) is 4.57 Å². The minimum atomic E-state index is -0.420. The lowest BCUT2D eigenvalue weighted by atomic mass is 9.96. The Balaban J connectivity index is 0.00000109. The van der Waals surface area contributed by atoms with Crippen LogP contribution in [0.3, 0.4) is 0 Å². The van der Waals surface area contributed by atoms with Crippen LogP contribution < -0.4 is 5.73 Å². The molecule has 0 radical (unpaired) electrons. The van der Waals surface area contributed by atoms with Gasteiger partial charge in [-0.15, -0.1) is 13.2 Å². The molecule has 1 aromatic heterocycles. The monoisotopic (exact) mass is 576 g/mol. The third-order valence-corrected chi connectivity index (χ3v) is 6.17. The number of aliphatic hydroxyl groups is 1. The molecule has 0 saturated carbocycles. The molecule has 0 aliphatic carbocycles. The molecule has 1 atom stereocenters. The fourth-order valence-electron chi connectivity index (χ4n) is 4.43. The van der Waals surface area contributed by atoms with E-state index in [1.165, 1.54) is 35.9 Å². The van der Waals surface area contributed by atoms with Crippen molar-refractivity contribution < 1.29 is 14.3 Å². The second-order valence-electron chi connectivity index (χ2n) is 10.2. The van der Waals surface area contributed by atoms with Gasteiger partial charge in [0.2, 0.25) is 5.91 Å². The number of hydrogen-bond donors (Lipinski definition) is 2. The Labute approximate surface area is 254 Å². The van der Waals surface area contributed by atoms with Gasteiger partial charge >= 0.3 is 0 Å². The molecule has 230 valence electrons. The van der Waals surface area contributed by atoms with Crippen molar-refractivity contribution >= 4 is 5.91 Å². The molecule has 1 unspecified atom stereocenters. The van der Waals surface area contributed by atoms with E-state index in [1.54, 1.807) is 6.08 Å². The summed E-state index contributed by atoms with van der Waals surface area (Å²) in [6.07, 6.45) is 10.9. The van der Waals surface area contributed by atoms with Crippen LogP contribution in [-0.2, 0) is 11.3 Å². The SMILES string of the molecule is C/C=C\CC.C=CCC.C=CCC(O)CCn1c(-c2ccc(F)cc2)c(-c2ccccc2)c(C)c1C(C)C.CC(N)=O. The normalized spacial score (nSPS) is 10.9. The zero-order chi connectivity index (χ0) is 32.1. The highest BCUT2D eigenvalue weighted by atomic mass is 19.1. The van der Waals surface area contributed by atoms with Gasteiger partial charge in [-0.3, -0.25) is 4.79 Å². The van der Waals surface area contributed by atoms with Gasteiger partial charge in [-0.2, -0.15) is 0 Å². The first-order chi connectivity index (χ1) is 20.0. The molecule has 0 aliphatic rings. The Morgan fingerprint density at radius 2 is 1.55 bits per heavy atom. The summed E-state index contributed by atoms with van der Waals surface area (Å²) in [5, 5.41) is 10.3. The van der Waals surface area contributed by atoms with E-state index in [0.717, 1.165) is 29.7 Å². The number of hydrogen-bond acceptors (Lipinski definition) is 2. The molecule has 42 heavy (non-hydrogen) atoms. The van der Waals surface area contributed by atoms with E-state index >= 15 is 0 Å². The van der Waals surface area contributed by atoms with Crippen LogP contribution in [0.4, 0.5) is 4.39 Å². The van der Waals surface area contributed by atoms with Crippen molar-refractivity contribution in [3.8, 4) is 22.4 Å². The highest BCUT2D eigenvalue weighted by molar-refractivity contribution is 5.85. The molecule has 5 heteroatoms. The third-order valence-electron chi connectivity index (χ3n) is 6.17. The summed E-state index contributed by atoms with van der Waals surface area (Å²) in [5.41, 5.74) is 11.4. The van der Waals surface area contributed by atoms with Crippen molar-refractivity contribution in [2.24, 2.45) is 5.73 Å². The average Bonchev–Trinajstić information content (AvgIpc) is 3.25. The van der Waals surface area contributed by atoms with Gasteiger partial charge in [-0.05, 0) is 86.4 Å². The Morgan fingerprint density at radius 1 is 1.00 bits per heavy atom. The van der Waals surface area contributed by atoms with Gasteiger partial charge in [0.25, 0.3) is 0 Å². The number of nitrogens with two attached hydrogens (primary N) is 1. The molecule has 1 amide bonds. The van der Waals surface area contributed by atoms with Crippen LogP contribution >= 0.6 is 0 Å². The molecule has 0 fully saturated rings. The van der Waals surface area contributed by atoms with E-state index in [-0.39, 0.29) is 11.7 Å². The highest BCUT2D eigenvalue weighted by Crippen LogP contribution is 2.41. The largest absolute Gasteiger partial charge is 0.393 e. The van der Waals surface area contributed by atoms with Crippen molar-refractivity contribution in [2.75, 3.05) is 0 Å². The molecule has 3 aromatic rings. The average molecular weight is 577 g/mol. The Morgan fingerprint density at radius 3 is 1.95 bits per heavy atom. The zero-order valence-electron chi connectivity index (χ0n) is 26.9. The number of halogens is 1. The van der Waals surface area contributed by atoms with E-state index in [4.69, 9.17) is 0 Å². The molecule has 0 bridgehead atoms. The first-order valence-corrected chi connectivity index (χ1v) is 14.8. The summed E-state index contributed by atoms with van der Waals surface area (Å²) in [6, 6.07) is 17.1. The Kier molecular flexibility index (Phi) is 20.0. The van der Waals surface area contributed by atoms with Gasteiger partial charge in [0, 0.05) is 24.7 Å². The van der Waals surface area contributed by atoms with Crippen LogP contribution in [0.2, 0.25) is 0 Å². The summed E-state index contributed by atoms with van der Waals surface area (Å²) in [6.45, 7) is 22.0. The third kappa shape index (κ3) is 13.8. The second kappa shape index (κ2) is 22.0. The summed E-state index contributed by atoms with van der Waals surface area (Å²) in [5.74, 6) is -0.251. The molecule has 0 spiro atoms. The summed E-state index contributed by atoms with van der Waals surface area (Å²) in [4.78, 5) is 9.22. The Hall–Kier alpha value is -3.70. The number of carbonyl (C=O) groups excluding carboxylic acids is 1. The number of aliphatic hydroxyl groups excluding tert-OH is 1. The molecular formula is C37H53FN2O2. The summed E-state index contributed by atoms with van der Waals surface area (Å²) < 4.78 is 15.9. The minimum Gasteiger partial charge on any atom is -0.393 e. The molecular weight excluding hydrogens is 523 g/mol. The van der Waals surface area contributed by atoms with Gasteiger partial charge in [0.05, 0.1) is 11.8 Å². The lowest BCUT2D eigenvalue weighted by Crippen LogP contribution is -2.13. The molecule has 3 N–H and O–H groups in total. The number of carbonyl (C=O) groups is 1. The van der Waals surface area contributed by atoms with Crippen LogP contribution in [0.15, 0.2) is 92.1 Å². The first-order valence-electron chi connectivity index (χ1n) is 14.8. The van der Waals surface area contributed by atoms with E-state index in [2.05, 4.69) is 82.4 Å². The minimum absolute atomic E-state index is 0.240. The fourth-order valence-corrected chi connectivity index (χ4v) is 4.43. The van der Waals surface area contributed by atoms with Gasteiger partial charge in [-0.1, -0.05) is 82.3 Å². The zero-order valence-corrected chi connectivity index (χ0v) is 26.9. The quantitative estimate of drug-likeness (QED) is 0.236. The fraction of sp³-hybridized carbons (Fsp3) is 0.378. The van der Waals surface area contributed by atoms with Crippen LogP contribution in [0.1, 0.15) is 84.4 Å². The maximum atomic E-state index is 13.6. The number of primary amides is 1. The van der Waals surface area contributed by atoms with Crippen molar-refractivity contribution in [3.63, 3.8) is 0 Å². The number of rotatable bonds is 10. The number of nitrogens with zero attached hydrogens (tertiary/aromatic N) is 1. The first kappa shape index (κ1) is 38.3. The lowest BCUT2D eigenvalue weighted by Gasteiger charge is -2.18. The molecule has 2 aromatic carbocycles. The molecule has 1 heterocycles. The van der Waals surface area contributed by atoms with Gasteiger partial charge in [-0.25, -0.2) is 4.39 Å². The van der Waals surface area contributed by atoms with Crippen molar-refractivity contribution in [1.29, 1.82) is 0 Å². The van der Waals surface area contributed by atoms with E-state index in [1.807, 2.05) is 43.3 Å². The van der Waals surface area contributed by atoms with Crippen LogP contribution in [0, 0.1) is 12.7 Å². The standard InChI is InChI=1S/C26H30FNO.C5H10.C4H8.C2H5NO/c1-5-9-23(29)16-17-28-25(18(2)3)19(4)24(20-10-7-6-8-11-20)26(28)21-12-14-22(27)15-13-21;1-3-5-4-2;1-3-4-2;1-2(3)4/h5-8,10-15,18,23,29H,1,9,16-17H2,2-4H3;3,5H,4H2,1-2H3;3H,1,4H2,2H3;1H3,(H2,3,4)/b;5-3-;;. The Bertz CT molecular complexity index is 1200. The lowest BCUT2D eigenvalue weighted by molar-refractivity contribution is -0.115. The number of allylic oxidation sites excluding steroid dienone is 3. The van der Waals surface area contributed by atoms with Crippen LogP contribution in [0.25, 0.3) is 22.4 Å². The van der Waals surface area contributed by atoms with E-state index in [9.17, 15) is 14.3 Å². The number of amides is 1. The molecule has 4 nitrogen and oxygen atoms in total. The number of aromatic nitrogens is 1. The highest BCUT2D eigenvalue weighted by Gasteiger charge is 2.24. The maximum absolute atomic E-state index is 13.6.